The van der Waals surface area contributed by atoms with Gasteiger partial charge >= 0.3 is 5.97 Å². The number of carbonyl (C=O) groups is 1. The monoisotopic (exact) mass is 191 g/mol. The molecule has 0 saturated heterocycles. The molecule has 0 aliphatic carbocycles. The maximum Gasteiger partial charge on any atom is 0.334 e. The van der Waals surface area contributed by atoms with Crippen LogP contribution in [0.1, 0.15) is 13.8 Å². The quantitative estimate of drug-likeness (QED) is 0.584. The van der Waals surface area contributed by atoms with Crippen molar-refractivity contribution in [2.45, 2.75) is 26.1 Å². The van der Waals surface area contributed by atoms with E-state index in [2.05, 4.69) is 0 Å². The highest BCUT2D eigenvalue weighted by molar-refractivity contribution is 5.72. The normalized spacial score (nSPS) is 15.3. The van der Waals surface area contributed by atoms with E-state index in [1.54, 1.807) is 6.92 Å². The lowest BCUT2D eigenvalue weighted by atomic mass is 10.3. The first-order valence-corrected chi connectivity index (χ1v) is 4.27. The third kappa shape index (κ3) is 5.57. The smallest absolute Gasteiger partial charge is 0.334 e. The van der Waals surface area contributed by atoms with Gasteiger partial charge in [-0.15, -0.1) is 0 Å². The molecule has 0 saturated carbocycles. The lowest BCUT2D eigenvalue weighted by Crippen LogP contribution is -2.36. The maximum atomic E-state index is 10.5. The Morgan fingerprint density at radius 2 is 2.23 bits per heavy atom. The maximum absolute atomic E-state index is 10.5. The minimum Gasteiger partial charge on any atom is -0.479 e. The van der Waals surface area contributed by atoms with Gasteiger partial charge in [-0.1, -0.05) is 0 Å². The van der Waals surface area contributed by atoms with Crippen LogP contribution in [0.3, 0.4) is 0 Å². The van der Waals surface area contributed by atoms with Crippen LogP contribution >= 0.6 is 0 Å². The first kappa shape index (κ1) is 12.3. The van der Waals surface area contributed by atoms with Gasteiger partial charge in [0.25, 0.3) is 0 Å². The fourth-order valence-corrected chi connectivity index (χ4v) is 0.818. The van der Waals surface area contributed by atoms with Gasteiger partial charge in [-0.2, -0.15) is 0 Å². The molecule has 0 bridgehead atoms. The van der Waals surface area contributed by atoms with E-state index >= 15 is 0 Å². The van der Waals surface area contributed by atoms with Crippen molar-refractivity contribution in [1.29, 1.82) is 0 Å². The molecule has 2 atom stereocenters. The number of aliphatic carboxylic acids is 1. The summed E-state index contributed by atoms with van der Waals surface area (Å²) in [6, 6.07) is 0. The molecule has 0 aromatic heterocycles. The Morgan fingerprint density at radius 1 is 1.62 bits per heavy atom. The van der Waals surface area contributed by atoms with Crippen LogP contribution in [0.15, 0.2) is 0 Å². The molecule has 0 aliphatic rings. The average molecular weight is 191 g/mol. The fraction of sp³-hybridized carbons (Fsp3) is 0.875. The molecule has 0 heterocycles. The summed E-state index contributed by atoms with van der Waals surface area (Å²) in [6.07, 6.45) is -1.18. The second kappa shape index (κ2) is 6.82. The van der Waals surface area contributed by atoms with Crippen LogP contribution in [0, 0.1) is 0 Å². The first-order chi connectivity index (χ1) is 6.11. The summed E-state index contributed by atoms with van der Waals surface area (Å²) >= 11 is 0. The molecule has 13 heavy (non-hydrogen) atoms. The van der Waals surface area contributed by atoms with E-state index in [0.29, 0.717) is 13.2 Å². The molecule has 0 radical (unpaired) electrons. The second-order valence-electron chi connectivity index (χ2n) is 2.67. The van der Waals surface area contributed by atoms with Gasteiger partial charge in [0, 0.05) is 13.2 Å². The van der Waals surface area contributed by atoms with Crippen LogP contribution in [0.5, 0.6) is 0 Å². The third-order valence-corrected chi connectivity index (χ3v) is 1.44. The van der Waals surface area contributed by atoms with Crippen LogP contribution in [-0.4, -0.2) is 43.0 Å². The Morgan fingerprint density at radius 3 is 2.62 bits per heavy atom. The predicted molar refractivity (Wildman–Crippen MR) is 47.5 cm³/mol. The van der Waals surface area contributed by atoms with Crippen molar-refractivity contribution in [3.63, 3.8) is 0 Å². The highest BCUT2D eigenvalue weighted by Gasteiger charge is 2.18. The van der Waals surface area contributed by atoms with Crippen molar-refractivity contribution in [2.24, 2.45) is 5.73 Å². The lowest BCUT2D eigenvalue weighted by Gasteiger charge is -2.17. The Labute approximate surface area is 77.8 Å². The Balaban J connectivity index is 3.73. The molecular weight excluding hydrogens is 174 g/mol. The Bertz CT molecular complexity index is 151. The summed E-state index contributed by atoms with van der Waals surface area (Å²) in [5.41, 5.74) is 5.20. The number of hydrogen-bond donors (Lipinski definition) is 2. The zero-order valence-electron chi connectivity index (χ0n) is 8.03. The molecule has 0 aliphatic heterocycles. The summed E-state index contributed by atoms with van der Waals surface area (Å²) in [5.74, 6) is -1.04. The van der Waals surface area contributed by atoms with Crippen molar-refractivity contribution in [2.75, 3.05) is 19.8 Å². The molecule has 5 heteroatoms. The van der Waals surface area contributed by atoms with Gasteiger partial charge in [0.2, 0.25) is 0 Å². The van der Waals surface area contributed by atoms with Crippen LogP contribution < -0.4 is 5.73 Å². The number of carboxylic acid groups (broad SMARTS) is 1. The van der Waals surface area contributed by atoms with Crippen molar-refractivity contribution >= 4 is 5.97 Å². The third-order valence-electron chi connectivity index (χ3n) is 1.44. The van der Waals surface area contributed by atoms with Gasteiger partial charge in [-0.3, -0.25) is 0 Å². The van der Waals surface area contributed by atoms with Crippen LogP contribution in [-0.2, 0) is 14.3 Å². The number of rotatable bonds is 7. The second-order valence-corrected chi connectivity index (χ2v) is 2.67. The summed E-state index contributed by atoms with van der Waals surface area (Å²) in [6.45, 7) is 4.58. The highest BCUT2D eigenvalue weighted by atomic mass is 16.6. The zero-order valence-corrected chi connectivity index (χ0v) is 8.03. The number of ether oxygens (including phenoxy) is 2. The van der Waals surface area contributed by atoms with Crippen molar-refractivity contribution in [1.82, 2.24) is 0 Å². The first-order valence-electron chi connectivity index (χ1n) is 4.27. The van der Waals surface area contributed by atoms with Gasteiger partial charge in [0.05, 0.1) is 12.7 Å². The van der Waals surface area contributed by atoms with E-state index in [1.165, 1.54) is 0 Å². The predicted octanol–water partition coefficient (Wildman–Crippen LogP) is -0.160. The highest BCUT2D eigenvalue weighted by Crippen LogP contribution is 1.98. The zero-order chi connectivity index (χ0) is 10.3. The van der Waals surface area contributed by atoms with E-state index in [0.717, 1.165) is 0 Å². The van der Waals surface area contributed by atoms with E-state index in [9.17, 15) is 4.79 Å². The molecule has 0 amide bonds. The molecule has 78 valence electrons. The molecule has 0 aromatic carbocycles. The van der Waals surface area contributed by atoms with E-state index in [1.807, 2.05) is 6.92 Å². The molecule has 5 nitrogen and oxygen atoms in total. The summed E-state index contributed by atoms with van der Waals surface area (Å²) < 4.78 is 10.2. The lowest BCUT2D eigenvalue weighted by molar-refractivity contribution is -0.154. The van der Waals surface area contributed by atoms with Gasteiger partial charge in [0.15, 0.2) is 6.10 Å². The summed E-state index contributed by atoms with van der Waals surface area (Å²) in [4.78, 5) is 10.5. The van der Waals surface area contributed by atoms with Gasteiger partial charge in [-0.05, 0) is 13.8 Å². The van der Waals surface area contributed by atoms with Crippen LogP contribution in [0.2, 0.25) is 0 Å². The molecule has 0 rings (SSSR count). The molecule has 0 aromatic rings. The van der Waals surface area contributed by atoms with Gasteiger partial charge < -0.3 is 20.3 Å². The summed E-state index contributed by atoms with van der Waals surface area (Å²) in [5, 5.41) is 8.60. The molecular formula is C8H17NO4. The van der Waals surface area contributed by atoms with Gasteiger partial charge in [0.1, 0.15) is 0 Å². The van der Waals surface area contributed by atoms with Crippen molar-refractivity contribution < 1.29 is 19.4 Å². The SMILES string of the molecule is CCOCC(C)OC(CN)C(=O)O. The van der Waals surface area contributed by atoms with E-state index in [4.69, 9.17) is 20.3 Å². The van der Waals surface area contributed by atoms with Crippen LogP contribution in [0.4, 0.5) is 0 Å². The topological polar surface area (TPSA) is 81.8 Å². The number of carboxylic acids is 1. The fourth-order valence-electron chi connectivity index (χ4n) is 0.818. The molecule has 0 spiro atoms. The van der Waals surface area contributed by atoms with Crippen LogP contribution in [0.25, 0.3) is 0 Å². The number of nitrogens with two attached hydrogens (primary N) is 1. The molecule has 2 unspecified atom stereocenters. The minimum atomic E-state index is -1.04. The number of hydrogen-bond acceptors (Lipinski definition) is 4. The van der Waals surface area contributed by atoms with Gasteiger partial charge in [-0.25, -0.2) is 4.79 Å². The van der Waals surface area contributed by atoms with E-state index in [-0.39, 0.29) is 12.6 Å². The largest absolute Gasteiger partial charge is 0.479 e. The van der Waals surface area contributed by atoms with Crippen molar-refractivity contribution in [3.05, 3.63) is 0 Å². The standard InChI is InChI=1S/C8H17NO4/c1-3-12-5-6(2)13-7(4-9)8(10)11/h6-7H,3-5,9H2,1-2H3,(H,10,11). The summed E-state index contributed by atoms with van der Waals surface area (Å²) in [7, 11) is 0. The molecule has 3 N–H and O–H groups in total. The van der Waals surface area contributed by atoms with E-state index < -0.39 is 12.1 Å². The van der Waals surface area contributed by atoms with Crippen molar-refractivity contribution in [3.8, 4) is 0 Å². The Hall–Kier alpha value is -0.650. The molecule has 0 fully saturated rings. The Kier molecular flexibility index (Phi) is 6.48. The average Bonchev–Trinajstić information content (AvgIpc) is 2.10. The minimum absolute atomic E-state index is 0.0220.